The van der Waals surface area contributed by atoms with Gasteiger partial charge in [0.15, 0.2) is 0 Å². The summed E-state index contributed by atoms with van der Waals surface area (Å²) in [6.45, 7) is 2.57. The molecular formula is C23H18F3N3O2. The zero-order valence-electron chi connectivity index (χ0n) is 16.6. The normalized spacial score (nSPS) is 11.6. The topological polar surface area (TPSA) is 57.0 Å². The van der Waals surface area contributed by atoms with E-state index in [0.717, 1.165) is 18.1 Å². The molecule has 0 aliphatic rings. The molecule has 0 N–H and O–H groups in total. The quantitative estimate of drug-likeness (QED) is 0.440. The molecular weight excluding hydrogens is 407 g/mol. The van der Waals surface area contributed by atoms with E-state index in [0.29, 0.717) is 12.1 Å². The third-order valence-corrected chi connectivity index (χ3v) is 4.90. The molecule has 2 aromatic heterocycles. The molecule has 0 unspecified atom stereocenters. The number of aryl methyl sites for hydroxylation is 1. The van der Waals surface area contributed by atoms with E-state index < -0.39 is 23.2 Å². The Kier molecular flexibility index (Phi) is 5.46. The summed E-state index contributed by atoms with van der Waals surface area (Å²) in [4.78, 5) is 19.9. The first-order valence-electron chi connectivity index (χ1n) is 9.62. The van der Waals surface area contributed by atoms with Crippen LogP contribution in [-0.2, 0) is 19.1 Å². The Hall–Kier alpha value is -3.68. The summed E-state index contributed by atoms with van der Waals surface area (Å²) >= 11 is 0. The lowest BCUT2D eigenvalue weighted by Crippen LogP contribution is -2.13. The van der Waals surface area contributed by atoms with Crippen molar-refractivity contribution in [2.75, 3.05) is 0 Å². The number of rotatable bonds is 5. The van der Waals surface area contributed by atoms with Crippen molar-refractivity contribution in [3.8, 4) is 11.6 Å². The monoisotopic (exact) mass is 425 g/mol. The van der Waals surface area contributed by atoms with E-state index in [4.69, 9.17) is 4.74 Å². The molecule has 0 fully saturated rings. The van der Waals surface area contributed by atoms with Crippen molar-refractivity contribution in [1.82, 2.24) is 14.5 Å². The Morgan fingerprint density at radius 2 is 1.74 bits per heavy atom. The first kappa shape index (κ1) is 20.6. The maximum absolute atomic E-state index is 13.2. The molecule has 5 nitrogen and oxygen atoms in total. The summed E-state index contributed by atoms with van der Waals surface area (Å²) < 4.78 is 46.8. The third-order valence-electron chi connectivity index (χ3n) is 4.90. The van der Waals surface area contributed by atoms with Gasteiger partial charge < -0.3 is 9.30 Å². The number of nitrogens with zero attached hydrogens (tertiary/aromatic N) is 3. The molecule has 0 aliphatic heterocycles. The van der Waals surface area contributed by atoms with Crippen LogP contribution in [0.25, 0.3) is 10.9 Å². The highest BCUT2D eigenvalue weighted by Gasteiger charge is 2.35. The molecule has 0 amide bonds. The van der Waals surface area contributed by atoms with Crippen LogP contribution in [0, 0.1) is 0 Å². The molecule has 0 bridgehead atoms. The number of alkyl halides is 3. The predicted molar refractivity (Wildman–Crippen MR) is 110 cm³/mol. The van der Waals surface area contributed by atoms with Gasteiger partial charge in [-0.15, -0.1) is 0 Å². The summed E-state index contributed by atoms with van der Waals surface area (Å²) in [5, 5.41) is 0.245. The van der Waals surface area contributed by atoms with Crippen LogP contribution in [0.4, 0.5) is 13.2 Å². The third kappa shape index (κ3) is 4.42. The highest BCUT2D eigenvalue weighted by Crippen LogP contribution is 2.36. The molecule has 4 aromatic rings. The standard InChI is InChI=1S/C23H18F3N3O2/c1-2-15-5-7-16(8-6-15)13-29-14-28-21(30)18-12-17(9-10-20(18)29)31-22-19(23(24,25)26)4-3-11-27-22/h3-12,14H,2,13H2,1H3. The zero-order valence-corrected chi connectivity index (χ0v) is 16.6. The average Bonchev–Trinajstić information content (AvgIpc) is 2.76. The maximum atomic E-state index is 13.2. The Labute approximate surface area is 175 Å². The molecule has 4 rings (SSSR count). The highest BCUT2D eigenvalue weighted by atomic mass is 19.4. The van der Waals surface area contributed by atoms with Crippen LogP contribution >= 0.6 is 0 Å². The molecule has 2 heterocycles. The second-order valence-corrected chi connectivity index (χ2v) is 6.98. The largest absolute Gasteiger partial charge is 0.438 e. The minimum atomic E-state index is -4.61. The van der Waals surface area contributed by atoms with E-state index >= 15 is 0 Å². The molecule has 0 spiro atoms. The van der Waals surface area contributed by atoms with Crippen molar-refractivity contribution in [2.45, 2.75) is 26.1 Å². The van der Waals surface area contributed by atoms with Crippen LogP contribution in [0.1, 0.15) is 23.6 Å². The molecule has 158 valence electrons. The van der Waals surface area contributed by atoms with Crippen LogP contribution < -0.4 is 10.3 Å². The number of pyridine rings is 1. The smallest absolute Gasteiger partial charge is 0.421 e. The molecule has 31 heavy (non-hydrogen) atoms. The van der Waals surface area contributed by atoms with Gasteiger partial charge in [0.25, 0.3) is 5.56 Å². The van der Waals surface area contributed by atoms with Crippen LogP contribution in [-0.4, -0.2) is 14.5 Å². The molecule has 0 radical (unpaired) electrons. The first-order chi connectivity index (χ1) is 14.8. The Morgan fingerprint density at radius 3 is 2.45 bits per heavy atom. The number of benzene rings is 2. The van der Waals surface area contributed by atoms with Gasteiger partial charge in [-0.1, -0.05) is 31.2 Å². The molecule has 8 heteroatoms. The predicted octanol–water partition coefficient (Wildman–Crippen LogP) is 5.21. The maximum Gasteiger partial charge on any atom is 0.421 e. The number of hydrogen-bond acceptors (Lipinski definition) is 4. The molecule has 0 atom stereocenters. The summed E-state index contributed by atoms with van der Waals surface area (Å²) in [5.41, 5.74) is 1.38. The van der Waals surface area contributed by atoms with Crippen LogP contribution in [0.3, 0.4) is 0 Å². The van der Waals surface area contributed by atoms with E-state index in [2.05, 4.69) is 16.9 Å². The van der Waals surface area contributed by atoms with Gasteiger partial charge in [-0.05, 0) is 47.9 Å². The Balaban J connectivity index is 1.69. The zero-order chi connectivity index (χ0) is 22.0. The number of ether oxygens (including phenoxy) is 1. The van der Waals surface area contributed by atoms with Gasteiger partial charge in [0, 0.05) is 12.7 Å². The fraction of sp³-hybridized carbons (Fsp3) is 0.174. The van der Waals surface area contributed by atoms with Crippen molar-refractivity contribution in [1.29, 1.82) is 0 Å². The van der Waals surface area contributed by atoms with Crippen molar-refractivity contribution in [3.05, 3.63) is 94.2 Å². The van der Waals surface area contributed by atoms with E-state index in [1.165, 1.54) is 36.3 Å². The van der Waals surface area contributed by atoms with Gasteiger partial charge in [-0.25, -0.2) is 4.98 Å². The average molecular weight is 425 g/mol. The lowest BCUT2D eigenvalue weighted by molar-refractivity contribution is -0.138. The van der Waals surface area contributed by atoms with Gasteiger partial charge in [-0.2, -0.15) is 18.2 Å². The summed E-state index contributed by atoms with van der Waals surface area (Å²) in [7, 11) is 0. The number of halogens is 3. The fourth-order valence-corrected chi connectivity index (χ4v) is 3.26. The fourth-order valence-electron chi connectivity index (χ4n) is 3.26. The SMILES string of the molecule is CCc1ccc(Cn2cnc(=O)c3cc(Oc4ncccc4C(F)(F)F)ccc32)cc1. The van der Waals surface area contributed by atoms with Gasteiger partial charge >= 0.3 is 6.18 Å². The number of fused-ring (bicyclic) bond motifs is 1. The number of hydrogen-bond donors (Lipinski definition) is 0. The Bertz CT molecular complexity index is 1280. The van der Waals surface area contributed by atoms with Crippen molar-refractivity contribution < 1.29 is 17.9 Å². The first-order valence-corrected chi connectivity index (χ1v) is 9.62. The summed E-state index contributed by atoms with van der Waals surface area (Å²) in [6.07, 6.45) is -0.997. The van der Waals surface area contributed by atoms with Crippen LogP contribution in [0.5, 0.6) is 11.6 Å². The van der Waals surface area contributed by atoms with Gasteiger partial charge in [-0.3, -0.25) is 4.79 Å². The van der Waals surface area contributed by atoms with Crippen molar-refractivity contribution in [3.63, 3.8) is 0 Å². The second-order valence-electron chi connectivity index (χ2n) is 6.98. The van der Waals surface area contributed by atoms with Crippen LogP contribution in [0.2, 0.25) is 0 Å². The summed E-state index contributed by atoms with van der Waals surface area (Å²) in [6, 6.07) is 14.7. The minimum Gasteiger partial charge on any atom is -0.438 e. The lowest BCUT2D eigenvalue weighted by atomic mass is 10.1. The molecule has 0 aliphatic carbocycles. The highest BCUT2D eigenvalue weighted by molar-refractivity contribution is 5.79. The number of aromatic nitrogens is 3. The van der Waals surface area contributed by atoms with Crippen molar-refractivity contribution in [2.24, 2.45) is 0 Å². The Morgan fingerprint density at radius 1 is 1.00 bits per heavy atom. The summed E-state index contributed by atoms with van der Waals surface area (Å²) in [5.74, 6) is -0.504. The molecule has 0 saturated carbocycles. The molecule has 2 aromatic carbocycles. The lowest BCUT2D eigenvalue weighted by Gasteiger charge is -2.14. The van der Waals surface area contributed by atoms with Gasteiger partial charge in [0.1, 0.15) is 11.3 Å². The second kappa shape index (κ2) is 8.22. The van der Waals surface area contributed by atoms with Gasteiger partial charge in [0.2, 0.25) is 5.88 Å². The van der Waals surface area contributed by atoms with Crippen LogP contribution in [0.15, 0.2) is 71.9 Å². The van der Waals surface area contributed by atoms with E-state index in [1.807, 2.05) is 28.8 Å². The van der Waals surface area contributed by atoms with Crippen molar-refractivity contribution >= 4 is 10.9 Å². The van der Waals surface area contributed by atoms with E-state index in [9.17, 15) is 18.0 Å². The molecule has 0 saturated heterocycles. The van der Waals surface area contributed by atoms with E-state index in [-0.39, 0.29) is 11.1 Å². The van der Waals surface area contributed by atoms with E-state index in [1.54, 1.807) is 6.07 Å². The van der Waals surface area contributed by atoms with Gasteiger partial charge in [0.05, 0.1) is 17.2 Å². The minimum absolute atomic E-state index is 0.0700.